The van der Waals surface area contributed by atoms with Gasteiger partial charge in [0.15, 0.2) is 5.75 Å². The van der Waals surface area contributed by atoms with Crippen LogP contribution in [0.25, 0.3) is 0 Å². The fourth-order valence-corrected chi connectivity index (χ4v) is 4.40. The Morgan fingerprint density at radius 1 is 1.13 bits per heavy atom. The number of hydrogen-bond donors (Lipinski definition) is 0. The van der Waals surface area contributed by atoms with Crippen molar-refractivity contribution in [2.24, 2.45) is 5.92 Å². The molecular formula is C23H30FN3O3. The number of pyridine rings is 2. The van der Waals surface area contributed by atoms with Crippen molar-refractivity contribution in [2.45, 2.75) is 52.6 Å². The molecule has 30 heavy (non-hydrogen) atoms. The predicted octanol–water partition coefficient (Wildman–Crippen LogP) is 4.24. The summed E-state index contributed by atoms with van der Waals surface area (Å²) in [5.74, 6) is 1.66. The van der Waals surface area contributed by atoms with Gasteiger partial charge in [-0.3, -0.25) is 9.88 Å². The standard InChI is InChI=1S/C23H30FN3O3/c1-14-9-19(10-15(2)25-14)30-13-18-6-5-16(3)27(12-18)17(4)22-20(24)11-21-23(26-22)29-8-7-28-21/h9-11,16-18H,5-8,12-13H2,1-4H3/t16-,17?,18-/m0/s1. The van der Waals surface area contributed by atoms with Gasteiger partial charge in [0, 0.05) is 48.1 Å². The third kappa shape index (κ3) is 4.51. The minimum atomic E-state index is -0.347. The lowest BCUT2D eigenvalue weighted by Crippen LogP contribution is -2.45. The first kappa shape index (κ1) is 20.8. The molecule has 2 aromatic heterocycles. The zero-order chi connectivity index (χ0) is 21.3. The van der Waals surface area contributed by atoms with Crippen molar-refractivity contribution in [3.05, 3.63) is 41.1 Å². The van der Waals surface area contributed by atoms with Crippen LogP contribution in [0.5, 0.6) is 17.4 Å². The van der Waals surface area contributed by atoms with E-state index < -0.39 is 0 Å². The van der Waals surface area contributed by atoms with Crippen LogP contribution < -0.4 is 14.2 Å². The van der Waals surface area contributed by atoms with Gasteiger partial charge in [0.25, 0.3) is 5.88 Å². The van der Waals surface area contributed by atoms with E-state index in [-0.39, 0.29) is 11.9 Å². The van der Waals surface area contributed by atoms with Gasteiger partial charge in [0.2, 0.25) is 0 Å². The topological polar surface area (TPSA) is 56.7 Å². The van der Waals surface area contributed by atoms with Gasteiger partial charge in [0.1, 0.15) is 24.8 Å². The lowest BCUT2D eigenvalue weighted by Gasteiger charge is -2.41. The molecule has 0 aliphatic carbocycles. The zero-order valence-electron chi connectivity index (χ0n) is 18.2. The van der Waals surface area contributed by atoms with E-state index in [9.17, 15) is 4.39 Å². The summed E-state index contributed by atoms with van der Waals surface area (Å²) in [5.41, 5.74) is 2.32. The molecular weight excluding hydrogens is 385 g/mol. The summed E-state index contributed by atoms with van der Waals surface area (Å²) in [5, 5.41) is 0. The lowest BCUT2D eigenvalue weighted by atomic mass is 9.92. The van der Waals surface area contributed by atoms with Crippen LogP contribution in [0.1, 0.15) is 49.8 Å². The average Bonchev–Trinajstić information content (AvgIpc) is 2.71. The largest absolute Gasteiger partial charge is 0.493 e. The molecule has 2 aliphatic rings. The number of hydrogen-bond acceptors (Lipinski definition) is 6. The molecule has 162 valence electrons. The smallest absolute Gasteiger partial charge is 0.257 e. The second kappa shape index (κ2) is 8.76. The Morgan fingerprint density at radius 2 is 1.87 bits per heavy atom. The molecule has 0 saturated carbocycles. The van der Waals surface area contributed by atoms with Gasteiger partial charge in [-0.05, 0) is 40.5 Å². The first-order valence-corrected chi connectivity index (χ1v) is 10.7. The van der Waals surface area contributed by atoms with Crippen molar-refractivity contribution in [3.8, 4) is 17.4 Å². The third-order valence-electron chi connectivity index (χ3n) is 5.98. The maximum absolute atomic E-state index is 14.8. The van der Waals surface area contributed by atoms with Crippen LogP contribution in [-0.4, -0.2) is 47.3 Å². The number of aryl methyl sites for hydroxylation is 2. The van der Waals surface area contributed by atoms with Gasteiger partial charge < -0.3 is 14.2 Å². The summed E-state index contributed by atoms with van der Waals surface area (Å²) >= 11 is 0. The minimum Gasteiger partial charge on any atom is -0.493 e. The first-order valence-electron chi connectivity index (χ1n) is 10.7. The Balaban J connectivity index is 1.45. The third-order valence-corrected chi connectivity index (χ3v) is 5.98. The van der Waals surface area contributed by atoms with Crippen molar-refractivity contribution in [1.82, 2.24) is 14.9 Å². The number of aromatic nitrogens is 2. The van der Waals surface area contributed by atoms with Crippen molar-refractivity contribution < 1.29 is 18.6 Å². The van der Waals surface area contributed by atoms with Crippen LogP contribution in [-0.2, 0) is 0 Å². The second-order valence-corrected chi connectivity index (χ2v) is 8.42. The average molecular weight is 416 g/mol. The quantitative estimate of drug-likeness (QED) is 0.728. The molecule has 0 bridgehead atoms. The molecule has 1 unspecified atom stereocenters. The molecule has 6 nitrogen and oxygen atoms in total. The number of ether oxygens (including phenoxy) is 3. The molecule has 0 N–H and O–H groups in total. The maximum atomic E-state index is 14.8. The fourth-order valence-electron chi connectivity index (χ4n) is 4.40. The molecule has 4 heterocycles. The molecule has 0 radical (unpaired) electrons. The number of rotatable bonds is 5. The van der Waals surface area contributed by atoms with Crippen LogP contribution in [0.2, 0.25) is 0 Å². The maximum Gasteiger partial charge on any atom is 0.257 e. The monoisotopic (exact) mass is 415 g/mol. The highest BCUT2D eigenvalue weighted by atomic mass is 19.1. The van der Waals surface area contributed by atoms with Gasteiger partial charge in [-0.25, -0.2) is 9.37 Å². The summed E-state index contributed by atoms with van der Waals surface area (Å²) < 4.78 is 31.9. The molecule has 0 spiro atoms. The van der Waals surface area contributed by atoms with Crippen molar-refractivity contribution in [2.75, 3.05) is 26.4 Å². The number of halogens is 1. The predicted molar refractivity (Wildman–Crippen MR) is 112 cm³/mol. The number of likely N-dealkylation sites (tertiary alicyclic amines) is 1. The van der Waals surface area contributed by atoms with E-state index in [2.05, 4.69) is 21.8 Å². The van der Waals surface area contributed by atoms with E-state index in [0.717, 1.165) is 36.5 Å². The van der Waals surface area contributed by atoms with Gasteiger partial charge in [-0.1, -0.05) is 0 Å². The highest BCUT2D eigenvalue weighted by Crippen LogP contribution is 2.36. The second-order valence-electron chi connectivity index (χ2n) is 8.42. The molecule has 1 fully saturated rings. The number of nitrogens with zero attached hydrogens (tertiary/aromatic N) is 3. The summed E-state index contributed by atoms with van der Waals surface area (Å²) in [7, 11) is 0. The summed E-state index contributed by atoms with van der Waals surface area (Å²) in [6.07, 6.45) is 2.13. The Morgan fingerprint density at radius 3 is 2.63 bits per heavy atom. The van der Waals surface area contributed by atoms with Gasteiger partial charge in [0.05, 0.1) is 18.3 Å². The van der Waals surface area contributed by atoms with Gasteiger partial charge >= 0.3 is 0 Å². The molecule has 4 rings (SSSR count). The van der Waals surface area contributed by atoms with E-state index in [1.54, 1.807) is 0 Å². The van der Waals surface area contributed by atoms with E-state index in [0.29, 0.717) is 49.1 Å². The molecule has 0 aromatic carbocycles. The molecule has 3 atom stereocenters. The highest BCUT2D eigenvalue weighted by molar-refractivity contribution is 5.37. The molecule has 2 aliphatic heterocycles. The Bertz CT molecular complexity index is 887. The molecule has 7 heteroatoms. The summed E-state index contributed by atoms with van der Waals surface area (Å²) in [6.45, 7) is 10.5. The van der Waals surface area contributed by atoms with Crippen LogP contribution in [0.4, 0.5) is 4.39 Å². The van der Waals surface area contributed by atoms with Gasteiger partial charge in [-0.2, -0.15) is 0 Å². The Labute approximate surface area is 177 Å². The van der Waals surface area contributed by atoms with E-state index in [1.807, 2.05) is 32.9 Å². The lowest BCUT2D eigenvalue weighted by molar-refractivity contribution is 0.0551. The van der Waals surface area contributed by atoms with Gasteiger partial charge in [-0.15, -0.1) is 0 Å². The van der Waals surface area contributed by atoms with Crippen molar-refractivity contribution >= 4 is 0 Å². The fraction of sp³-hybridized carbons (Fsp3) is 0.565. The van der Waals surface area contributed by atoms with E-state index >= 15 is 0 Å². The summed E-state index contributed by atoms with van der Waals surface area (Å²) in [4.78, 5) is 11.2. The van der Waals surface area contributed by atoms with Crippen LogP contribution in [0.15, 0.2) is 18.2 Å². The highest BCUT2D eigenvalue weighted by Gasteiger charge is 2.32. The van der Waals surface area contributed by atoms with E-state index in [4.69, 9.17) is 14.2 Å². The van der Waals surface area contributed by atoms with Crippen LogP contribution >= 0.6 is 0 Å². The number of fused-ring (bicyclic) bond motifs is 1. The van der Waals surface area contributed by atoms with E-state index in [1.165, 1.54) is 6.07 Å². The van der Waals surface area contributed by atoms with Crippen molar-refractivity contribution in [3.63, 3.8) is 0 Å². The Hall–Kier alpha value is -2.41. The summed E-state index contributed by atoms with van der Waals surface area (Å²) in [6, 6.07) is 5.51. The minimum absolute atomic E-state index is 0.163. The molecule has 0 amide bonds. The first-order chi connectivity index (χ1) is 14.4. The number of piperidine rings is 1. The Kier molecular flexibility index (Phi) is 6.09. The van der Waals surface area contributed by atoms with Crippen LogP contribution in [0, 0.1) is 25.6 Å². The normalized spacial score (nSPS) is 22.6. The van der Waals surface area contributed by atoms with Crippen LogP contribution in [0.3, 0.4) is 0 Å². The SMILES string of the molecule is Cc1cc(OC[C@H]2CC[C@H](C)N(C(C)c3nc4c(cc3F)OCCO4)C2)cc(C)n1. The van der Waals surface area contributed by atoms with Crippen molar-refractivity contribution in [1.29, 1.82) is 0 Å². The zero-order valence-corrected chi connectivity index (χ0v) is 18.2. The molecule has 1 saturated heterocycles. The molecule has 2 aromatic rings.